The Bertz CT molecular complexity index is 566. The van der Waals surface area contributed by atoms with Gasteiger partial charge in [0.15, 0.2) is 5.96 Å². The summed E-state index contributed by atoms with van der Waals surface area (Å²) in [6, 6.07) is 10.6. The van der Waals surface area contributed by atoms with Crippen LogP contribution in [-0.2, 0) is 6.42 Å². The minimum absolute atomic E-state index is 0. The summed E-state index contributed by atoms with van der Waals surface area (Å²) < 4.78 is 37.4. The number of hydrogen-bond acceptors (Lipinski definition) is 2. The average molecular weight is 498 g/mol. The van der Waals surface area contributed by atoms with E-state index in [1.54, 1.807) is 7.05 Å². The van der Waals surface area contributed by atoms with Crippen LogP contribution in [0.2, 0.25) is 0 Å². The van der Waals surface area contributed by atoms with E-state index >= 15 is 0 Å². The number of benzene rings is 1. The lowest BCUT2D eigenvalue weighted by Gasteiger charge is -2.20. The molecule has 4 nitrogen and oxygen atoms in total. The van der Waals surface area contributed by atoms with E-state index in [2.05, 4.69) is 34.7 Å². The van der Waals surface area contributed by atoms with Gasteiger partial charge in [0.1, 0.15) is 0 Å². The average Bonchev–Trinajstić information content (AvgIpc) is 3.03. The number of aryl methyl sites for hydroxylation is 1. The van der Waals surface area contributed by atoms with Gasteiger partial charge in [-0.25, -0.2) is 0 Å². The molecule has 0 aromatic heterocycles. The van der Waals surface area contributed by atoms with Gasteiger partial charge in [0, 0.05) is 26.2 Å². The number of nitrogens with one attached hydrogen (secondary N) is 2. The molecule has 1 aromatic rings. The van der Waals surface area contributed by atoms with Crippen molar-refractivity contribution in [2.24, 2.45) is 10.9 Å². The number of alkyl halides is 3. The molecule has 0 saturated carbocycles. The Labute approximate surface area is 177 Å². The van der Waals surface area contributed by atoms with E-state index in [1.807, 2.05) is 18.2 Å². The lowest BCUT2D eigenvalue weighted by Crippen LogP contribution is -2.44. The molecule has 8 heteroatoms. The molecule has 0 radical (unpaired) electrons. The zero-order valence-corrected chi connectivity index (χ0v) is 18.3. The highest BCUT2D eigenvalue weighted by Gasteiger charge is 2.34. The highest BCUT2D eigenvalue weighted by atomic mass is 127. The van der Waals surface area contributed by atoms with Crippen molar-refractivity contribution in [1.29, 1.82) is 0 Å². The predicted octanol–water partition coefficient (Wildman–Crippen LogP) is 3.67. The molecule has 1 saturated heterocycles. The van der Waals surface area contributed by atoms with Crippen LogP contribution >= 0.6 is 24.0 Å². The summed E-state index contributed by atoms with van der Waals surface area (Å²) >= 11 is 0. The van der Waals surface area contributed by atoms with Crippen molar-refractivity contribution >= 4 is 29.9 Å². The molecule has 2 N–H and O–H groups in total. The van der Waals surface area contributed by atoms with E-state index in [9.17, 15) is 13.2 Å². The molecule has 2 unspecified atom stereocenters. The van der Waals surface area contributed by atoms with E-state index in [-0.39, 0.29) is 35.9 Å². The van der Waals surface area contributed by atoms with Gasteiger partial charge in [-0.3, -0.25) is 9.89 Å². The van der Waals surface area contributed by atoms with Gasteiger partial charge in [-0.2, -0.15) is 13.2 Å². The van der Waals surface area contributed by atoms with Crippen molar-refractivity contribution in [2.75, 3.05) is 33.2 Å². The fourth-order valence-corrected chi connectivity index (χ4v) is 3.25. The number of rotatable bonds is 7. The SMILES string of the molecule is CN=C(NCC1CCN(CC(F)(F)F)C1)NC(C)CCc1ccccc1.I. The van der Waals surface area contributed by atoms with Crippen LogP contribution in [0.4, 0.5) is 13.2 Å². The van der Waals surface area contributed by atoms with E-state index in [0.29, 0.717) is 25.6 Å². The maximum atomic E-state index is 12.5. The van der Waals surface area contributed by atoms with Crippen LogP contribution in [0, 0.1) is 5.92 Å². The molecule has 2 atom stereocenters. The topological polar surface area (TPSA) is 39.7 Å². The fourth-order valence-electron chi connectivity index (χ4n) is 3.25. The first kappa shape index (κ1) is 24.0. The Morgan fingerprint density at radius 3 is 2.63 bits per heavy atom. The molecular weight excluding hydrogens is 468 g/mol. The van der Waals surface area contributed by atoms with Gasteiger partial charge >= 0.3 is 6.18 Å². The van der Waals surface area contributed by atoms with Gasteiger partial charge in [0.25, 0.3) is 0 Å². The van der Waals surface area contributed by atoms with Crippen LogP contribution in [0.25, 0.3) is 0 Å². The molecule has 27 heavy (non-hydrogen) atoms. The van der Waals surface area contributed by atoms with E-state index in [0.717, 1.165) is 19.3 Å². The second-order valence-corrected chi connectivity index (χ2v) is 7.03. The lowest BCUT2D eigenvalue weighted by atomic mass is 10.1. The number of aliphatic imine (C=N–C) groups is 1. The molecule has 1 heterocycles. The number of guanidine groups is 1. The Balaban J connectivity index is 0.00000364. The first-order valence-corrected chi connectivity index (χ1v) is 9.16. The third-order valence-electron chi connectivity index (χ3n) is 4.65. The van der Waals surface area contributed by atoms with Gasteiger partial charge in [-0.15, -0.1) is 24.0 Å². The Morgan fingerprint density at radius 2 is 2.00 bits per heavy atom. The Morgan fingerprint density at radius 1 is 1.30 bits per heavy atom. The van der Waals surface area contributed by atoms with Gasteiger partial charge in [0.05, 0.1) is 6.54 Å². The van der Waals surface area contributed by atoms with E-state index in [4.69, 9.17) is 0 Å². The van der Waals surface area contributed by atoms with Crippen LogP contribution < -0.4 is 10.6 Å². The lowest BCUT2D eigenvalue weighted by molar-refractivity contribution is -0.143. The highest BCUT2D eigenvalue weighted by molar-refractivity contribution is 14.0. The maximum absolute atomic E-state index is 12.5. The highest BCUT2D eigenvalue weighted by Crippen LogP contribution is 2.22. The molecule has 0 amide bonds. The number of halogens is 4. The van der Waals surface area contributed by atoms with Crippen LogP contribution in [0.15, 0.2) is 35.3 Å². The van der Waals surface area contributed by atoms with Crippen molar-refractivity contribution in [1.82, 2.24) is 15.5 Å². The van der Waals surface area contributed by atoms with Crippen LogP contribution in [0.1, 0.15) is 25.3 Å². The molecule has 1 aromatic carbocycles. The maximum Gasteiger partial charge on any atom is 0.401 e. The third kappa shape index (κ3) is 9.64. The molecule has 154 valence electrons. The molecule has 1 aliphatic heterocycles. The number of nitrogens with zero attached hydrogens (tertiary/aromatic N) is 2. The monoisotopic (exact) mass is 498 g/mol. The predicted molar refractivity (Wildman–Crippen MR) is 115 cm³/mol. The third-order valence-corrected chi connectivity index (χ3v) is 4.65. The Hall–Kier alpha value is -1.03. The molecule has 0 bridgehead atoms. The summed E-state index contributed by atoms with van der Waals surface area (Å²) in [5, 5.41) is 6.61. The molecule has 0 spiro atoms. The van der Waals surface area contributed by atoms with Crippen molar-refractivity contribution in [3.8, 4) is 0 Å². The zero-order valence-electron chi connectivity index (χ0n) is 15.9. The molecule has 1 aliphatic rings. The summed E-state index contributed by atoms with van der Waals surface area (Å²) in [4.78, 5) is 5.70. The molecule has 1 fully saturated rings. The van der Waals surface area contributed by atoms with Crippen molar-refractivity contribution < 1.29 is 13.2 Å². The van der Waals surface area contributed by atoms with Crippen molar-refractivity contribution in [3.05, 3.63) is 35.9 Å². The van der Waals surface area contributed by atoms with Gasteiger partial charge in [-0.1, -0.05) is 30.3 Å². The molecule has 0 aliphatic carbocycles. The summed E-state index contributed by atoms with van der Waals surface area (Å²) in [6.45, 7) is 2.92. The first-order chi connectivity index (χ1) is 12.4. The second-order valence-electron chi connectivity index (χ2n) is 7.03. The van der Waals surface area contributed by atoms with Crippen molar-refractivity contribution in [2.45, 2.75) is 38.4 Å². The zero-order chi connectivity index (χ0) is 19.0. The molecule has 2 rings (SSSR count). The number of hydrogen-bond donors (Lipinski definition) is 2. The van der Waals surface area contributed by atoms with E-state index < -0.39 is 12.7 Å². The normalized spacial score (nSPS) is 19.4. The summed E-state index contributed by atoms with van der Waals surface area (Å²) in [7, 11) is 1.71. The van der Waals surface area contributed by atoms with Gasteiger partial charge in [0.2, 0.25) is 0 Å². The van der Waals surface area contributed by atoms with Crippen molar-refractivity contribution in [3.63, 3.8) is 0 Å². The van der Waals surface area contributed by atoms with E-state index in [1.165, 1.54) is 10.5 Å². The first-order valence-electron chi connectivity index (χ1n) is 9.16. The largest absolute Gasteiger partial charge is 0.401 e. The molecular formula is C19H30F3IN4. The fraction of sp³-hybridized carbons (Fsp3) is 0.632. The van der Waals surface area contributed by atoms with Crippen LogP contribution in [0.5, 0.6) is 0 Å². The second kappa shape index (κ2) is 11.7. The summed E-state index contributed by atoms with van der Waals surface area (Å²) in [5.41, 5.74) is 1.31. The van der Waals surface area contributed by atoms with Gasteiger partial charge in [-0.05, 0) is 44.2 Å². The van der Waals surface area contributed by atoms with Crippen LogP contribution in [-0.4, -0.2) is 56.3 Å². The van der Waals surface area contributed by atoms with Gasteiger partial charge < -0.3 is 10.6 Å². The summed E-state index contributed by atoms with van der Waals surface area (Å²) in [6.07, 6.45) is -1.37. The standard InChI is InChI=1S/C19H29F3N4.HI/c1-15(8-9-16-6-4-3-5-7-16)25-18(23-2)24-12-17-10-11-26(13-17)14-19(20,21)22;/h3-7,15,17H,8-14H2,1-2H3,(H2,23,24,25);1H. The smallest absolute Gasteiger partial charge is 0.356 e. The summed E-state index contributed by atoms with van der Waals surface area (Å²) in [5.74, 6) is 0.926. The quantitative estimate of drug-likeness (QED) is 0.343. The van der Waals surface area contributed by atoms with Crippen LogP contribution in [0.3, 0.4) is 0 Å². The minimum Gasteiger partial charge on any atom is -0.356 e. The number of likely N-dealkylation sites (tertiary alicyclic amines) is 1. The Kier molecular flexibility index (Phi) is 10.4. The minimum atomic E-state index is -4.12.